The Morgan fingerprint density at radius 3 is 2.66 bits per heavy atom. The highest BCUT2D eigenvalue weighted by molar-refractivity contribution is 6.22. The lowest BCUT2D eigenvalue weighted by Gasteiger charge is -2.31. The van der Waals surface area contributed by atoms with Crippen LogP contribution in [-0.4, -0.2) is 57.7 Å². The molecule has 1 aromatic rings. The van der Waals surface area contributed by atoms with Crippen LogP contribution in [0.5, 0.6) is 11.5 Å². The monoisotopic (exact) mass is 426 g/mol. The zero-order valence-electron chi connectivity index (χ0n) is 16.9. The van der Waals surface area contributed by atoms with Crippen molar-refractivity contribution in [3.63, 3.8) is 0 Å². The number of methoxy groups -OCH3 is 2. The van der Waals surface area contributed by atoms with Crippen molar-refractivity contribution in [2.45, 2.75) is 32.2 Å². The summed E-state index contributed by atoms with van der Waals surface area (Å²) in [6.07, 6.45) is 1.69. The van der Waals surface area contributed by atoms with Gasteiger partial charge in [0.15, 0.2) is 6.04 Å². The molecule has 1 aromatic carbocycles. The van der Waals surface area contributed by atoms with Gasteiger partial charge in [-0.25, -0.2) is 4.90 Å². The number of piperidine rings is 1. The molecule has 0 saturated carbocycles. The molecule has 2 aliphatic rings. The molecule has 0 aliphatic carbocycles. The van der Waals surface area contributed by atoms with Crippen LogP contribution in [-0.2, 0) is 19.1 Å². The van der Waals surface area contributed by atoms with Crippen LogP contribution in [0.3, 0.4) is 0 Å². The number of ether oxygens (including phenoxy) is 3. The zero-order valence-corrected chi connectivity index (χ0v) is 17.7. The number of hydrogen-bond donors (Lipinski definition) is 1. The van der Waals surface area contributed by atoms with E-state index in [-0.39, 0.29) is 42.5 Å². The molecule has 0 bridgehead atoms. The van der Waals surface area contributed by atoms with Crippen molar-refractivity contribution in [3.05, 3.63) is 18.2 Å². The second kappa shape index (κ2) is 9.93. The molecule has 160 valence electrons. The Labute approximate surface area is 176 Å². The number of rotatable bonds is 6. The molecule has 3 atom stereocenters. The quantitative estimate of drug-likeness (QED) is 0.390. The van der Waals surface area contributed by atoms with Crippen molar-refractivity contribution in [2.24, 2.45) is 5.92 Å². The van der Waals surface area contributed by atoms with Crippen molar-refractivity contribution in [2.75, 3.05) is 38.8 Å². The molecule has 8 nitrogen and oxygen atoms in total. The van der Waals surface area contributed by atoms with Gasteiger partial charge in [0.25, 0.3) is 5.91 Å². The number of likely N-dealkylation sites (tertiary alicyclic amines) is 1. The van der Waals surface area contributed by atoms with Gasteiger partial charge in [0.2, 0.25) is 5.91 Å². The first kappa shape index (κ1) is 23.0. The molecule has 3 rings (SSSR count). The lowest BCUT2D eigenvalue weighted by molar-refractivity contribution is -0.922. The fraction of sp³-hybridized carbons (Fsp3) is 0.550. The first-order valence-electron chi connectivity index (χ1n) is 9.60. The maximum absolute atomic E-state index is 13.2. The number of nitrogens with one attached hydrogen (secondary N) is 1. The van der Waals surface area contributed by atoms with Crippen molar-refractivity contribution < 1.29 is 45.9 Å². The summed E-state index contributed by atoms with van der Waals surface area (Å²) < 4.78 is 15.7. The molecule has 1 N–H and O–H groups in total. The highest BCUT2D eigenvalue weighted by atomic mass is 35.5. The molecular weight excluding hydrogens is 400 g/mol. The van der Waals surface area contributed by atoms with Crippen LogP contribution in [0.1, 0.15) is 26.2 Å². The van der Waals surface area contributed by atoms with Crippen molar-refractivity contribution in [1.29, 1.82) is 0 Å². The molecule has 2 fully saturated rings. The molecule has 2 heterocycles. The maximum atomic E-state index is 13.2. The number of amides is 2. The molecule has 0 aromatic heterocycles. The van der Waals surface area contributed by atoms with Crippen LogP contribution in [0.2, 0.25) is 0 Å². The summed E-state index contributed by atoms with van der Waals surface area (Å²) in [6, 6.07) is 4.52. The normalized spacial score (nSPS) is 24.1. The summed E-state index contributed by atoms with van der Waals surface area (Å²) >= 11 is 0. The second-order valence-corrected chi connectivity index (χ2v) is 7.07. The second-order valence-electron chi connectivity index (χ2n) is 7.07. The van der Waals surface area contributed by atoms with Crippen LogP contribution in [0, 0.1) is 5.92 Å². The summed E-state index contributed by atoms with van der Waals surface area (Å²) in [5.74, 6) is -0.0214. The van der Waals surface area contributed by atoms with Crippen molar-refractivity contribution in [3.8, 4) is 11.5 Å². The summed E-state index contributed by atoms with van der Waals surface area (Å²) in [6.45, 7) is 3.38. The number of benzene rings is 1. The van der Waals surface area contributed by atoms with Crippen LogP contribution in [0.4, 0.5) is 5.69 Å². The predicted octanol–water partition coefficient (Wildman–Crippen LogP) is -2.80. The van der Waals surface area contributed by atoms with Gasteiger partial charge in [-0.05, 0) is 31.9 Å². The fourth-order valence-corrected chi connectivity index (χ4v) is 4.05. The number of quaternary nitrogens is 1. The Balaban J connectivity index is 0.00000300. The average Bonchev–Trinajstić information content (AvgIpc) is 3.01. The zero-order chi connectivity index (χ0) is 20.3. The Morgan fingerprint density at radius 2 is 2.00 bits per heavy atom. The summed E-state index contributed by atoms with van der Waals surface area (Å²) in [5.41, 5.74) is 0.387. The van der Waals surface area contributed by atoms with Gasteiger partial charge in [-0.3, -0.25) is 14.4 Å². The Kier molecular flexibility index (Phi) is 7.87. The third kappa shape index (κ3) is 4.64. The molecule has 2 aliphatic heterocycles. The van der Waals surface area contributed by atoms with Crippen LogP contribution < -0.4 is 31.7 Å². The van der Waals surface area contributed by atoms with Gasteiger partial charge in [0.1, 0.15) is 17.4 Å². The van der Waals surface area contributed by atoms with Gasteiger partial charge in [0, 0.05) is 6.07 Å². The summed E-state index contributed by atoms with van der Waals surface area (Å²) in [4.78, 5) is 40.2. The highest BCUT2D eigenvalue weighted by Crippen LogP contribution is 2.35. The molecule has 0 spiro atoms. The minimum absolute atomic E-state index is 0. The molecule has 29 heavy (non-hydrogen) atoms. The molecule has 2 saturated heterocycles. The number of anilines is 1. The van der Waals surface area contributed by atoms with Gasteiger partial charge >= 0.3 is 5.97 Å². The van der Waals surface area contributed by atoms with E-state index in [1.807, 2.05) is 0 Å². The van der Waals surface area contributed by atoms with Gasteiger partial charge in [0.05, 0.1) is 46.0 Å². The van der Waals surface area contributed by atoms with Crippen LogP contribution >= 0.6 is 0 Å². The lowest BCUT2D eigenvalue weighted by Crippen LogP contribution is -3.18. The Hall–Kier alpha value is -2.32. The molecule has 2 amide bonds. The van der Waals surface area contributed by atoms with E-state index in [1.54, 1.807) is 25.1 Å². The van der Waals surface area contributed by atoms with Gasteiger partial charge in [-0.15, -0.1) is 0 Å². The van der Waals surface area contributed by atoms with E-state index in [9.17, 15) is 14.4 Å². The third-order valence-corrected chi connectivity index (χ3v) is 5.45. The summed E-state index contributed by atoms with van der Waals surface area (Å²) in [5, 5.41) is 0. The minimum atomic E-state index is -0.499. The first-order valence-corrected chi connectivity index (χ1v) is 9.60. The standard InChI is InChI=1S/C20H26N2O6.ClH/c1-4-28-20(25)13-6-5-9-21(12-13)16-11-18(23)22(19(16)24)15-10-14(26-2)7-8-17(15)27-3;/h7-8,10,13,16H,4-6,9,11-12H2,1-3H3;1H. The Morgan fingerprint density at radius 1 is 1.24 bits per heavy atom. The lowest BCUT2D eigenvalue weighted by atomic mass is 9.96. The van der Waals surface area contributed by atoms with Crippen molar-refractivity contribution >= 4 is 23.5 Å². The van der Waals surface area contributed by atoms with Gasteiger partial charge in [-0.1, -0.05) is 0 Å². The Bertz CT molecular complexity index is 771. The fourth-order valence-electron chi connectivity index (χ4n) is 4.05. The van der Waals surface area contributed by atoms with Crippen LogP contribution in [0.15, 0.2) is 18.2 Å². The molecular formula is C20H27ClN2O6. The van der Waals surface area contributed by atoms with Crippen LogP contribution in [0.25, 0.3) is 0 Å². The van der Waals surface area contributed by atoms with E-state index < -0.39 is 6.04 Å². The van der Waals surface area contributed by atoms with E-state index >= 15 is 0 Å². The third-order valence-electron chi connectivity index (χ3n) is 5.45. The van der Waals surface area contributed by atoms with E-state index in [0.717, 1.165) is 24.3 Å². The smallest absolute Gasteiger partial charge is 0.314 e. The molecule has 3 unspecified atom stereocenters. The topological polar surface area (TPSA) is 86.6 Å². The number of carbonyl (C=O) groups excluding carboxylic acids is 3. The average molecular weight is 427 g/mol. The van der Waals surface area contributed by atoms with E-state index in [0.29, 0.717) is 30.3 Å². The number of carbonyl (C=O) groups is 3. The number of esters is 1. The van der Waals surface area contributed by atoms with Gasteiger partial charge in [-0.2, -0.15) is 0 Å². The van der Waals surface area contributed by atoms with Gasteiger partial charge < -0.3 is 31.5 Å². The number of hydrogen-bond acceptors (Lipinski definition) is 6. The number of halogens is 1. The number of nitrogens with zero attached hydrogens (tertiary/aromatic N) is 1. The maximum Gasteiger partial charge on any atom is 0.314 e. The SMILES string of the molecule is CCOC(=O)C1CCC[NH+](C2CC(=O)N(c3cc(OC)ccc3OC)C2=O)C1.[Cl-]. The molecule has 0 radical (unpaired) electrons. The predicted molar refractivity (Wildman–Crippen MR) is 100 cm³/mol. The van der Waals surface area contributed by atoms with Crippen molar-refractivity contribution in [1.82, 2.24) is 0 Å². The first-order chi connectivity index (χ1) is 13.5. The minimum Gasteiger partial charge on any atom is -1.00 e. The van der Waals surface area contributed by atoms with E-state index in [2.05, 4.69) is 0 Å². The van der Waals surface area contributed by atoms with E-state index in [4.69, 9.17) is 14.2 Å². The summed E-state index contributed by atoms with van der Waals surface area (Å²) in [7, 11) is 3.02. The highest BCUT2D eigenvalue weighted by Gasteiger charge is 2.48. The van der Waals surface area contributed by atoms with E-state index in [1.165, 1.54) is 19.1 Å². The molecule has 9 heteroatoms. The number of imide groups is 1. The largest absolute Gasteiger partial charge is 1.00 e.